The number of unbranched alkanes of at least 4 members (excludes halogenated alkanes) is 1. The lowest BCUT2D eigenvalue weighted by molar-refractivity contribution is -0.114. The molecule has 9 heteroatoms. The van der Waals surface area contributed by atoms with E-state index in [0.29, 0.717) is 42.5 Å². The zero-order valence-corrected chi connectivity index (χ0v) is 22.7. The largest absolute Gasteiger partial charge is 0.400 e. The summed E-state index contributed by atoms with van der Waals surface area (Å²) in [5.41, 5.74) is 9.87. The van der Waals surface area contributed by atoms with Crippen LogP contribution in [0.5, 0.6) is 0 Å². The van der Waals surface area contributed by atoms with Gasteiger partial charge in [-0.25, -0.2) is 10.8 Å². The number of aliphatic imine (C=N–C) groups is 1. The zero-order valence-electron chi connectivity index (χ0n) is 22.7. The molecule has 0 spiro atoms. The van der Waals surface area contributed by atoms with Gasteiger partial charge >= 0.3 is 0 Å². The summed E-state index contributed by atoms with van der Waals surface area (Å²) in [4.78, 5) is 23.7. The number of nitrogens with one attached hydrogen (secondary N) is 1. The van der Waals surface area contributed by atoms with Crippen LogP contribution in [-0.4, -0.2) is 68.4 Å². The highest BCUT2D eigenvalue weighted by atomic mass is 16.2. The van der Waals surface area contributed by atoms with E-state index in [1.54, 1.807) is 17.3 Å². The van der Waals surface area contributed by atoms with Crippen LogP contribution < -0.4 is 21.5 Å². The average molecular weight is 517 g/mol. The molecule has 0 atom stereocenters. The highest BCUT2D eigenvalue weighted by molar-refractivity contribution is 6.19. The Morgan fingerprint density at radius 3 is 2.63 bits per heavy atom. The fourth-order valence-electron chi connectivity index (χ4n) is 4.20. The predicted molar refractivity (Wildman–Crippen MR) is 157 cm³/mol. The number of likely N-dealkylation sites (N-methyl/N-ethyl adjacent to an activating group) is 2. The topological polar surface area (TPSA) is 118 Å². The van der Waals surface area contributed by atoms with Crippen molar-refractivity contribution in [1.29, 1.82) is 5.41 Å². The van der Waals surface area contributed by atoms with E-state index < -0.39 is 0 Å². The maximum Gasteiger partial charge on any atom is 0.263 e. The van der Waals surface area contributed by atoms with Gasteiger partial charge in [0, 0.05) is 63.2 Å². The molecule has 2 aromatic carbocycles. The Kier molecular flexibility index (Phi) is 10.6. The summed E-state index contributed by atoms with van der Waals surface area (Å²) in [5.74, 6) is 6.61. The van der Waals surface area contributed by atoms with E-state index in [2.05, 4.69) is 28.9 Å². The van der Waals surface area contributed by atoms with Gasteiger partial charge in [0.15, 0.2) is 0 Å². The first-order valence-corrected chi connectivity index (χ1v) is 13.0. The van der Waals surface area contributed by atoms with Crippen LogP contribution in [0, 0.1) is 5.41 Å². The Morgan fingerprint density at radius 2 is 1.92 bits per heavy atom. The van der Waals surface area contributed by atoms with Crippen LogP contribution in [0.1, 0.15) is 25.3 Å². The summed E-state index contributed by atoms with van der Waals surface area (Å²) < 4.78 is 0. The number of rotatable bonds is 12. The molecule has 2 aromatic rings. The number of carbonyl (C=O) groups excluding carboxylic acids is 1. The van der Waals surface area contributed by atoms with E-state index in [-0.39, 0.29) is 11.5 Å². The van der Waals surface area contributed by atoms with Crippen LogP contribution in [0.15, 0.2) is 82.9 Å². The number of nitrogens with two attached hydrogens (primary N) is 2. The molecule has 1 aliphatic rings. The molecule has 0 aliphatic carbocycles. The number of anilines is 2. The normalized spacial score (nSPS) is 15.0. The van der Waals surface area contributed by atoms with Crippen molar-refractivity contribution in [2.24, 2.45) is 16.6 Å². The summed E-state index contributed by atoms with van der Waals surface area (Å²) in [6, 6.07) is 17.8. The van der Waals surface area contributed by atoms with E-state index in [0.717, 1.165) is 32.0 Å². The second-order valence-corrected chi connectivity index (χ2v) is 9.46. The maximum atomic E-state index is 13.4. The Balaban J connectivity index is 1.72. The molecule has 9 nitrogen and oxygen atoms in total. The van der Waals surface area contributed by atoms with Gasteiger partial charge in [-0.15, -0.1) is 0 Å². The Labute approximate surface area is 226 Å². The van der Waals surface area contributed by atoms with E-state index in [4.69, 9.17) is 17.0 Å². The maximum absolute atomic E-state index is 13.4. The van der Waals surface area contributed by atoms with Gasteiger partial charge in [-0.1, -0.05) is 49.7 Å². The molecule has 0 unspecified atom stereocenters. The standard InChI is InChI=1S/C29H40N8O/c1-4-5-15-33-28-27(20-30)29(38)36(18-17-35(28)3)25-12-9-13-26(19-25)37(32)22-24(31)21-34(2)16-14-23-10-7-6-8-11-23/h6-13,15,19-20,22,30H,4-5,14,16-18,21,31-32H2,1-3H3/b24-22-,30-20?,33-15?. The van der Waals surface area contributed by atoms with Crippen LogP contribution >= 0.6 is 0 Å². The van der Waals surface area contributed by atoms with Crippen molar-refractivity contribution in [3.8, 4) is 0 Å². The third-order valence-corrected chi connectivity index (χ3v) is 6.33. The van der Waals surface area contributed by atoms with E-state index in [9.17, 15) is 4.79 Å². The van der Waals surface area contributed by atoms with Crippen LogP contribution in [0.2, 0.25) is 0 Å². The van der Waals surface area contributed by atoms with Crippen LogP contribution in [0.3, 0.4) is 0 Å². The first-order valence-electron chi connectivity index (χ1n) is 13.0. The predicted octanol–water partition coefficient (Wildman–Crippen LogP) is 3.35. The molecule has 5 N–H and O–H groups in total. The molecular formula is C29H40N8O. The van der Waals surface area contributed by atoms with Gasteiger partial charge in [-0.05, 0) is 43.7 Å². The average Bonchev–Trinajstić information content (AvgIpc) is 3.03. The van der Waals surface area contributed by atoms with Gasteiger partial charge in [-0.3, -0.25) is 9.80 Å². The van der Waals surface area contributed by atoms with E-state index in [1.807, 2.05) is 61.5 Å². The molecule has 0 radical (unpaired) electrons. The molecule has 0 saturated heterocycles. The second-order valence-electron chi connectivity index (χ2n) is 9.46. The monoisotopic (exact) mass is 516 g/mol. The highest BCUT2D eigenvalue weighted by Crippen LogP contribution is 2.26. The lowest BCUT2D eigenvalue weighted by Crippen LogP contribution is -2.35. The lowest BCUT2D eigenvalue weighted by Gasteiger charge is -2.24. The Hall–Kier alpha value is -3.95. The molecular weight excluding hydrogens is 476 g/mol. The van der Waals surface area contributed by atoms with Gasteiger partial charge in [0.25, 0.3) is 5.91 Å². The van der Waals surface area contributed by atoms with Crippen LogP contribution in [0.4, 0.5) is 11.4 Å². The van der Waals surface area contributed by atoms with Crippen molar-refractivity contribution in [3.05, 3.63) is 83.5 Å². The summed E-state index contributed by atoms with van der Waals surface area (Å²) >= 11 is 0. The van der Waals surface area contributed by atoms with Crippen LogP contribution in [-0.2, 0) is 11.2 Å². The van der Waals surface area contributed by atoms with E-state index in [1.165, 1.54) is 10.6 Å². The van der Waals surface area contributed by atoms with Gasteiger partial charge in [0.1, 0.15) is 5.82 Å². The smallest absolute Gasteiger partial charge is 0.263 e. The molecule has 0 bridgehead atoms. The molecule has 1 heterocycles. The number of benzene rings is 2. The summed E-state index contributed by atoms with van der Waals surface area (Å²) in [7, 11) is 3.92. The first kappa shape index (κ1) is 28.6. The lowest BCUT2D eigenvalue weighted by atomic mass is 10.1. The minimum Gasteiger partial charge on any atom is -0.400 e. The summed E-state index contributed by atoms with van der Waals surface area (Å²) in [6.45, 7) is 4.56. The minimum atomic E-state index is -0.260. The molecule has 1 aliphatic heterocycles. The number of hydrogen-bond acceptors (Lipinski definition) is 8. The van der Waals surface area contributed by atoms with Gasteiger partial charge in [0.2, 0.25) is 0 Å². The quantitative estimate of drug-likeness (QED) is 0.226. The van der Waals surface area contributed by atoms with Crippen molar-refractivity contribution in [1.82, 2.24) is 9.80 Å². The number of hydrazine groups is 1. The molecule has 1 amide bonds. The Morgan fingerprint density at radius 1 is 1.16 bits per heavy atom. The zero-order chi connectivity index (χ0) is 27.5. The van der Waals surface area contributed by atoms with Gasteiger partial charge < -0.3 is 25.8 Å². The fourth-order valence-corrected chi connectivity index (χ4v) is 4.20. The van der Waals surface area contributed by atoms with Crippen molar-refractivity contribution in [2.45, 2.75) is 26.2 Å². The molecule has 202 valence electrons. The second kappa shape index (κ2) is 14.1. The number of nitrogens with zero attached hydrogens (tertiary/aromatic N) is 5. The summed E-state index contributed by atoms with van der Waals surface area (Å²) in [6.07, 6.45) is 7.32. The third kappa shape index (κ3) is 7.77. The summed E-state index contributed by atoms with van der Waals surface area (Å²) in [5, 5.41) is 9.39. The molecule has 0 saturated carbocycles. The molecule has 0 fully saturated rings. The fraction of sp³-hybridized carbons (Fsp3) is 0.345. The van der Waals surface area contributed by atoms with Crippen LogP contribution in [0.25, 0.3) is 0 Å². The third-order valence-electron chi connectivity index (χ3n) is 6.33. The number of carbonyl (C=O) groups is 1. The number of amides is 1. The Bertz CT molecular complexity index is 1170. The SMILES string of the molecule is CCCC=NC1=C(C=N)C(=O)N(c2cccc(N(N)/C=C(\N)CN(C)CCc3ccccc3)c2)CCN1C. The van der Waals surface area contributed by atoms with Crippen molar-refractivity contribution >= 4 is 29.7 Å². The first-order chi connectivity index (χ1) is 18.3. The van der Waals surface area contributed by atoms with Crippen molar-refractivity contribution in [3.63, 3.8) is 0 Å². The molecule has 3 rings (SSSR count). The van der Waals surface area contributed by atoms with E-state index >= 15 is 0 Å². The number of hydrogen-bond donors (Lipinski definition) is 3. The molecule has 38 heavy (non-hydrogen) atoms. The van der Waals surface area contributed by atoms with Gasteiger partial charge in [0.05, 0.1) is 11.3 Å². The van der Waals surface area contributed by atoms with Crippen molar-refractivity contribution < 1.29 is 4.79 Å². The van der Waals surface area contributed by atoms with Gasteiger partial charge in [-0.2, -0.15) is 0 Å². The molecule has 0 aromatic heterocycles. The highest BCUT2D eigenvalue weighted by Gasteiger charge is 2.27. The van der Waals surface area contributed by atoms with Crippen molar-refractivity contribution in [2.75, 3.05) is 50.2 Å². The minimum absolute atomic E-state index is 0.259.